The first-order chi connectivity index (χ1) is 10.3. The van der Waals surface area contributed by atoms with Gasteiger partial charge in [-0.15, -0.1) is 33.7 Å². The van der Waals surface area contributed by atoms with Crippen LogP contribution in [-0.2, 0) is 26.2 Å². The van der Waals surface area contributed by atoms with Gasteiger partial charge in [0.25, 0.3) is 0 Å². The topological polar surface area (TPSA) is 0 Å². The number of allylic oxidation sites excluding steroid dienone is 4. The molecule has 0 bridgehead atoms. The number of fused-ring (bicyclic) bond motifs is 3. The van der Waals surface area contributed by atoms with Gasteiger partial charge < -0.3 is 24.8 Å². The largest absolute Gasteiger partial charge is 3.00 e. The zero-order valence-electron chi connectivity index (χ0n) is 13.8. The summed E-state index contributed by atoms with van der Waals surface area (Å²) in [5.74, 6) is 0.965. The van der Waals surface area contributed by atoms with Gasteiger partial charge in [0.05, 0.1) is 0 Å². The van der Waals surface area contributed by atoms with E-state index in [9.17, 15) is 0 Å². The first kappa shape index (κ1) is 21.3. The SMILES string of the molecule is CC(C)c1ccc2c([cH-]c3ccccc32)c1C1C=CC=C1.[Cl-].[Cl-].[Zr+3]. The van der Waals surface area contributed by atoms with E-state index in [-0.39, 0.29) is 51.0 Å². The molecule has 24 heavy (non-hydrogen) atoms. The normalized spacial score (nSPS) is 13.1. The molecule has 1 aliphatic rings. The Morgan fingerprint density at radius 1 is 0.875 bits per heavy atom. The molecule has 0 aromatic heterocycles. The fourth-order valence-electron chi connectivity index (χ4n) is 3.57. The zero-order chi connectivity index (χ0) is 14.4. The first-order valence-electron chi connectivity index (χ1n) is 7.71. The fraction of sp³-hybridized carbons (Fsp3) is 0.190. The molecule has 0 saturated carbocycles. The molecule has 3 aromatic rings. The Morgan fingerprint density at radius 2 is 1.54 bits per heavy atom. The van der Waals surface area contributed by atoms with Gasteiger partial charge in [-0.2, -0.15) is 0 Å². The van der Waals surface area contributed by atoms with Crippen LogP contribution in [0, 0.1) is 0 Å². The van der Waals surface area contributed by atoms with Crippen LogP contribution in [0.1, 0.15) is 36.8 Å². The van der Waals surface area contributed by atoms with Crippen molar-refractivity contribution in [2.45, 2.75) is 25.7 Å². The van der Waals surface area contributed by atoms with Crippen LogP contribution >= 0.6 is 0 Å². The summed E-state index contributed by atoms with van der Waals surface area (Å²) in [7, 11) is 0. The van der Waals surface area contributed by atoms with E-state index in [0.29, 0.717) is 11.8 Å². The Labute approximate surface area is 175 Å². The standard InChI is InChI=1S/C21H19.2ClH.Zr/c1-14(2)17-11-12-19-18-10-6-5-9-16(18)13-20(19)21(17)15-7-3-4-8-15;;;/h3-15H,1-2H3;2*1H;/q-1;;;+3/p-2. The monoisotopic (exact) mass is 431 g/mol. The van der Waals surface area contributed by atoms with Crippen LogP contribution in [0.5, 0.6) is 0 Å². The van der Waals surface area contributed by atoms with Crippen LogP contribution in [0.4, 0.5) is 0 Å². The molecule has 0 spiro atoms. The average Bonchev–Trinajstić information content (AvgIpc) is 3.13. The maximum atomic E-state index is 2.37. The Morgan fingerprint density at radius 3 is 2.21 bits per heavy atom. The van der Waals surface area contributed by atoms with Gasteiger partial charge >= 0.3 is 26.2 Å². The van der Waals surface area contributed by atoms with Gasteiger partial charge in [-0.1, -0.05) is 79.6 Å². The Balaban J connectivity index is 0.000000960. The van der Waals surface area contributed by atoms with E-state index >= 15 is 0 Å². The van der Waals surface area contributed by atoms with E-state index in [1.54, 1.807) is 0 Å². The number of hydrogen-bond acceptors (Lipinski definition) is 0. The smallest absolute Gasteiger partial charge is 1.00 e. The Hall–Kier alpha value is -0.747. The predicted molar refractivity (Wildman–Crippen MR) is 92.2 cm³/mol. The summed E-state index contributed by atoms with van der Waals surface area (Å²) < 4.78 is 0. The number of hydrogen-bond donors (Lipinski definition) is 0. The van der Waals surface area contributed by atoms with Gasteiger partial charge in [-0.05, 0) is 11.8 Å². The minimum atomic E-state index is 0. The second kappa shape index (κ2) is 8.57. The summed E-state index contributed by atoms with van der Waals surface area (Å²) in [4.78, 5) is 0. The van der Waals surface area contributed by atoms with Crippen LogP contribution in [-0.4, -0.2) is 0 Å². The molecule has 0 atom stereocenters. The van der Waals surface area contributed by atoms with Crippen LogP contribution < -0.4 is 24.8 Å². The third kappa shape index (κ3) is 3.45. The van der Waals surface area contributed by atoms with Crippen molar-refractivity contribution in [3.8, 4) is 0 Å². The van der Waals surface area contributed by atoms with Gasteiger partial charge in [-0.25, -0.2) is 0 Å². The Kier molecular flexibility index (Phi) is 7.60. The summed E-state index contributed by atoms with van der Waals surface area (Å²) in [6, 6.07) is 15.7. The van der Waals surface area contributed by atoms with E-state index < -0.39 is 0 Å². The fourth-order valence-corrected chi connectivity index (χ4v) is 3.57. The van der Waals surface area contributed by atoms with Crippen LogP contribution in [0.2, 0.25) is 0 Å². The summed E-state index contributed by atoms with van der Waals surface area (Å²) in [6.07, 6.45) is 8.93. The van der Waals surface area contributed by atoms with Gasteiger partial charge in [0.1, 0.15) is 0 Å². The molecule has 121 valence electrons. The average molecular weight is 434 g/mol. The third-order valence-electron chi connectivity index (χ3n) is 4.58. The summed E-state index contributed by atoms with van der Waals surface area (Å²) in [6.45, 7) is 4.57. The molecule has 0 saturated heterocycles. The van der Waals surface area contributed by atoms with Crippen molar-refractivity contribution in [2.75, 3.05) is 0 Å². The molecule has 3 aromatic carbocycles. The molecular formula is C21H19Cl2Zr. The van der Waals surface area contributed by atoms with E-state index in [2.05, 4.69) is 80.6 Å². The van der Waals surface area contributed by atoms with Crippen LogP contribution in [0.25, 0.3) is 21.5 Å². The molecule has 0 aliphatic heterocycles. The molecule has 0 heterocycles. The van der Waals surface area contributed by atoms with Crippen molar-refractivity contribution in [3.63, 3.8) is 0 Å². The molecule has 0 amide bonds. The number of rotatable bonds is 2. The molecule has 0 unspecified atom stereocenters. The molecule has 3 heteroatoms. The number of benzene rings is 2. The molecule has 0 nitrogen and oxygen atoms in total. The van der Waals surface area contributed by atoms with Crippen molar-refractivity contribution in [1.82, 2.24) is 0 Å². The van der Waals surface area contributed by atoms with Gasteiger partial charge in [0.2, 0.25) is 0 Å². The van der Waals surface area contributed by atoms with Gasteiger partial charge in [0, 0.05) is 0 Å². The van der Waals surface area contributed by atoms with E-state index in [0.717, 1.165) is 0 Å². The first-order valence-corrected chi connectivity index (χ1v) is 7.71. The van der Waals surface area contributed by atoms with Gasteiger partial charge in [0.15, 0.2) is 0 Å². The summed E-state index contributed by atoms with van der Waals surface area (Å²) >= 11 is 0. The van der Waals surface area contributed by atoms with Crippen LogP contribution in [0.15, 0.2) is 66.8 Å². The molecule has 0 N–H and O–H groups in total. The predicted octanol–water partition coefficient (Wildman–Crippen LogP) is 0.0504. The molecule has 4 rings (SSSR count). The Bertz CT molecular complexity index is 875. The summed E-state index contributed by atoms with van der Waals surface area (Å²) in [5.41, 5.74) is 2.96. The molecule has 1 aliphatic carbocycles. The maximum Gasteiger partial charge on any atom is 3.00 e. The van der Waals surface area contributed by atoms with Crippen LogP contribution in [0.3, 0.4) is 0 Å². The number of halogens is 2. The van der Waals surface area contributed by atoms with Crippen molar-refractivity contribution < 1.29 is 51.0 Å². The van der Waals surface area contributed by atoms with Crippen molar-refractivity contribution in [3.05, 3.63) is 77.9 Å². The molecular weight excluding hydrogens is 414 g/mol. The van der Waals surface area contributed by atoms with Gasteiger partial charge in [-0.3, -0.25) is 0 Å². The van der Waals surface area contributed by atoms with E-state index in [4.69, 9.17) is 0 Å². The zero-order valence-corrected chi connectivity index (χ0v) is 17.7. The van der Waals surface area contributed by atoms with Crippen molar-refractivity contribution >= 4 is 21.5 Å². The second-order valence-corrected chi connectivity index (χ2v) is 6.21. The third-order valence-corrected chi connectivity index (χ3v) is 4.58. The van der Waals surface area contributed by atoms with E-state index in [1.807, 2.05) is 0 Å². The molecule has 0 fully saturated rings. The molecule has 1 radical (unpaired) electrons. The minimum absolute atomic E-state index is 0. The van der Waals surface area contributed by atoms with Crippen molar-refractivity contribution in [2.24, 2.45) is 0 Å². The maximum absolute atomic E-state index is 2.37. The second-order valence-electron chi connectivity index (χ2n) is 6.21. The van der Waals surface area contributed by atoms with Crippen molar-refractivity contribution in [1.29, 1.82) is 0 Å². The minimum Gasteiger partial charge on any atom is -1.00 e. The van der Waals surface area contributed by atoms with E-state index in [1.165, 1.54) is 32.7 Å². The quantitative estimate of drug-likeness (QED) is 0.501. The summed E-state index contributed by atoms with van der Waals surface area (Å²) in [5, 5.41) is 5.53.